The van der Waals surface area contributed by atoms with Gasteiger partial charge in [0, 0.05) is 28.0 Å². The molecule has 3 aromatic rings. The summed E-state index contributed by atoms with van der Waals surface area (Å²) < 4.78 is 4.98. The van der Waals surface area contributed by atoms with Gasteiger partial charge < -0.3 is 10.2 Å². The van der Waals surface area contributed by atoms with Crippen LogP contribution in [0.4, 0.5) is 5.69 Å². The highest BCUT2D eigenvalue weighted by atomic mass is 32.2. The summed E-state index contributed by atoms with van der Waals surface area (Å²) in [5.41, 5.74) is 10.5. The molecule has 7 heteroatoms. The third-order valence-electron chi connectivity index (χ3n) is 3.36. The Balaban J connectivity index is 2.05. The number of rotatable bonds is 2. The Morgan fingerprint density at radius 3 is 2.52 bits per heavy atom. The first-order valence-corrected chi connectivity index (χ1v) is 7.17. The first-order chi connectivity index (χ1) is 9.94. The van der Waals surface area contributed by atoms with Crippen LogP contribution in [-0.2, 0) is 0 Å². The molecule has 0 aliphatic heterocycles. The molecule has 0 aliphatic rings. The van der Waals surface area contributed by atoms with E-state index in [1.54, 1.807) is 12.1 Å². The van der Waals surface area contributed by atoms with Crippen molar-refractivity contribution in [3.8, 4) is 0 Å². The number of benzene rings is 1. The van der Waals surface area contributed by atoms with Crippen molar-refractivity contribution in [3.63, 3.8) is 0 Å². The molecule has 1 aromatic carbocycles. The van der Waals surface area contributed by atoms with E-state index in [1.807, 2.05) is 20.8 Å². The second-order valence-corrected chi connectivity index (χ2v) is 5.81. The number of nitrogens with two attached hydrogens (primary N) is 1. The van der Waals surface area contributed by atoms with E-state index in [-0.39, 0.29) is 0 Å². The van der Waals surface area contributed by atoms with Crippen molar-refractivity contribution in [1.29, 1.82) is 0 Å². The fraction of sp³-hybridized carbons (Fsp3) is 0.214. The average molecular weight is 302 g/mol. The maximum atomic E-state index is 11.2. The van der Waals surface area contributed by atoms with Gasteiger partial charge in [0.05, 0.1) is 5.52 Å². The molecule has 0 unspecified atom stereocenters. The molecule has 6 nitrogen and oxygen atoms in total. The van der Waals surface area contributed by atoms with Crippen molar-refractivity contribution in [2.24, 2.45) is 0 Å². The van der Waals surface area contributed by atoms with Crippen LogP contribution in [0.2, 0.25) is 0 Å². The molecule has 0 saturated heterocycles. The van der Waals surface area contributed by atoms with Crippen molar-refractivity contribution in [1.82, 2.24) is 15.0 Å². The van der Waals surface area contributed by atoms with Gasteiger partial charge in [0.15, 0.2) is 10.7 Å². The number of nitrogens with one attached hydrogen (secondary N) is 1. The number of anilines is 1. The molecule has 3 N–H and O–H groups in total. The number of aromatic nitrogens is 3. The molecule has 3 rings (SSSR count). The lowest BCUT2D eigenvalue weighted by molar-refractivity contribution is 0.555. The van der Waals surface area contributed by atoms with Gasteiger partial charge in [-0.1, -0.05) is 0 Å². The van der Waals surface area contributed by atoms with Crippen LogP contribution < -0.4 is 11.5 Å². The standard InChI is InChI=1S/C14H14N4O2S/c1-6-7(2)16-13(17-8(6)3)21-12-5-10-11(4-9(12)15)20-14(19)18-10/h4-5H,15H2,1-3H3,(H,18,19). The van der Waals surface area contributed by atoms with E-state index in [1.165, 1.54) is 11.8 Å². The molecular formula is C14H14N4O2S. The topological polar surface area (TPSA) is 97.8 Å². The van der Waals surface area contributed by atoms with Gasteiger partial charge in [-0.3, -0.25) is 4.98 Å². The van der Waals surface area contributed by atoms with Gasteiger partial charge in [0.25, 0.3) is 0 Å². The number of oxazole rings is 1. The fourth-order valence-electron chi connectivity index (χ4n) is 1.97. The minimum absolute atomic E-state index is 0.444. The Morgan fingerprint density at radius 1 is 1.19 bits per heavy atom. The summed E-state index contributed by atoms with van der Waals surface area (Å²) in [5.74, 6) is -0.496. The molecule has 21 heavy (non-hydrogen) atoms. The largest absolute Gasteiger partial charge is 0.417 e. The summed E-state index contributed by atoms with van der Waals surface area (Å²) in [6, 6.07) is 3.40. The summed E-state index contributed by atoms with van der Waals surface area (Å²) in [7, 11) is 0. The van der Waals surface area contributed by atoms with Crippen molar-refractivity contribution in [2.75, 3.05) is 5.73 Å². The van der Waals surface area contributed by atoms with Gasteiger partial charge in [0.2, 0.25) is 0 Å². The zero-order valence-electron chi connectivity index (χ0n) is 11.9. The van der Waals surface area contributed by atoms with E-state index in [9.17, 15) is 4.79 Å². The summed E-state index contributed by atoms with van der Waals surface area (Å²) in [5, 5.41) is 0.632. The zero-order chi connectivity index (χ0) is 15.1. The highest BCUT2D eigenvalue weighted by Crippen LogP contribution is 2.33. The Kier molecular flexibility index (Phi) is 3.21. The molecule has 0 saturated carbocycles. The van der Waals surface area contributed by atoms with Crippen LogP contribution in [0, 0.1) is 20.8 Å². The second kappa shape index (κ2) is 4.92. The highest BCUT2D eigenvalue weighted by Gasteiger charge is 2.11. The average Bonchev–Trinajstić information content (AvgIpc) is 2.75. The van der Waals surface area contributed by atoms with Crippen LogP contribution in [0.15, 0.2) is 31.4 Å². The number of nitrogen functional groups attached to an aromatic ring is 1. The first kappa shape index (κ1) is 13.7. The molecule has 2 heterocycles. The normalized spacial score (nSPS) is 11.2. The molecule has 108 valence electrons. The van der Waals surface area contributed by atoms with Crippen LogP contribution in [0.5, 0.6) is 0 Å². The first-order valence-electron chi connectivity index (χ1n) is 6.36. The van der Waals surface area contributed by atoms with Gasteiger partial charge in [-0.25, -0.2) is 14.8 Å². The molecule has 2 aromatic heterocycles. The second-order valence-electron chi connectivity index (χ2n) is 4.80. The quantitative estimate of drug-likeness (QED) is 0.557. The SMILES string of the molecule is Cc1nc(Sc2cc3[nH]c(=O)oc3cc2N)nc(C)c1C. The third kappa shape index (κ3) is 2.52. The number of hydrogen-bond acceptors (Lipinski definition) is 6. The Bertz CT molecular complexity index is 875. The number of nitrogens with zero attached hydrogens (tertiary/aromatic N) is 2. The van der Waals surface area contributed by atoms with E-state index in [0.29, 0.717) is 21.9 Å². The van der Waals surface area contributed by atoms with Crippen molar-refractivity contribution in [2.45, 2.75) is 30.8 Å². The van der Waals surface area contributed by atoms with Crippen molar-refractivity contribution in [3.05, 3.63) is 39.6 Å². The van der Waals surface area contributed by atoms with E-state index >= 15 is 0 Å². The summed E-state index contributed by atoms with van der Waals surface area (Å²) in [6.45, 7) is 5.90. The molecule has 0 aliphatic carbocycles. The van der Waals surface area contributed by atoms with Crippen molar-refractivity contribution < 1.29 is 4.42 Å². The molecule has 0 amide bonds. The molecule has 0 radical (unpaired) electrons. The lowest BCUT2D eigenvalue weighted by atomic mass is 10.2. The Hall–Kier alpha value is -2.28. The van der Waals surface area contributed by atoms with Crippen LogP contribution in [0.25, 0.3) is 11.1 Å². The maximum absolute atomic E-state index is 11.2. The van der Waals surface area contributed by atoms with E-state index in [4.69, 9.17) is 10.2 Å². The summed E-state index contributed by atoms with van der Waals surface area (Å²) in [4.78, 5) is 23.5. The van der Waals surface area contributed by atoms with Crippen molar-refractivity contribution >= 4 is 28.5 Å². The third-order valence-corrected chi connectivity index (χ3v) is 4.30. The Morgan fingerprint density at radius 2 is 1.86 bits per heavy atom. The van der Waals surface area contributed by atoms with Crippen LogP contribution in [0.3, 0.4) is 0 Å². The molecule has 0 spiro atoms. The summed E-state index contributed by atoms with van der Waals surface area (Å²) in [6.07, 6.45) is 0. The van der Waals surface area contributed by atoms with Gasteiger partial charge in [-0.05, 0) is 44.2 Å². The Labute approximate surface area is 124 Å². The predicted octanol–water partition coefficient (Wildman–Crippen LogP) is 2.57. The van der Waals surface area contributed by atoms with E-state index in [2.05, 4.69) is 15.0 Å². The minimum Gasteiger partial charge on any atom is -0.408 e. The number of aromatic amines is 1. The molecule has 0 fully saturated rings. The number of hydrogen-bond donors (Lipinski definition) is 2. The fourth-order valence-corrected chi connectivity index (χ4v) is 2.88. The molecule has 0 atom stereocenters. The number of aryl methyl sites for hydroxylation is 2. The highest BCUT2D eigenvalue weighted by molar-refractivity contribution is 7.99. The van der Waals surface area contributed by atoms with Crippen LogP contribution in [0.1, 0.15) is 17.0 Å². The smallest absolute Gasteiger partial charge is 0.408 e. The predicted molar refractivity (Wildman–Crippen MR) is 81.6 cm³/mol. The van der Waals surface area contributed by atoms with Gasteiger partial charge >= 0.3 is 5.76 Å². The number of fused-ring (bicyclic) bond motifs is 1. The molecule has 0 bridgehead atoms. The van der Waals surface area contributed by atoms with Crippen LogP contribution in [-0.4, -0.2) is 15.0 Å². The lowest BCUT2D eigenvalue weighted by Gasteiger charge is -2.08. The van der Waals surface area contributed by atoms with E-state index in [0.717, 1.165) is 21.8 Å². The zero-order valence-corrected chi connectivity index (χ0v) is 12.7. The summed E-state index contributed by atoms with van der Waals surface area (Å²) >= 11 is 1.36. The van der Waals surface area contributed by atoms with E-state index < -0.39 is 5.76 Å². The maximum Gasteiger partial charge on any atom is 0.417 e. The van der Waals surface area contributed by atoms with Gasteiger partial charge in [0.1, 0.15) is 0 Å². The minimum atomic E-state index is -0.496. The molecular weight excluding hydrogens is 288 g/mol. The lowest BCUT2D eigenvalue weighted by Crippen LogP contribution is -1.98. The van der Waals surface area contributed by atoms with Gasteiger partial charge in [-0.2, -0.15) is 0 Å². The number of H-pyrrole nitrogens is 1. The monoisotopic (exact) mass is 302 g/mol. The van der Waals surface area contributed by atoms with Gasteiger partial charge in [-0.15, -0.1) is 0 Å². The van der Waals surface area contributed by atoms with Crippen LogP contribution >= 0.6 is 11.8 Å².